The molecule has 1 fully saturated rings. The Morgan fingerprint density at radius 2 is 2.26 bits per heavy atom. The molecule has 5 nitrogen and oxygen atoms in total. The SMILES string of the molecule is CC(NS(=O)(=O)c1ccc(F)c(N)c1)C1CCCO1. The van der Waals surface area contributed by atoms with E-state index >= 15 is 0 Å². The fraction of sp³-hybridized carbons (Fsp3) is 0.500. The highest BCUT2D eigenvalue weighted by molar-refractivity contribution is 7.89. The van der Waals surface area contributed by atoms with E-state index in [9.17, 15) is 12.8 Å². The van der Waals surface area contributed by atoms with Crippen LogP contribution >= 0.6 is 0 Å². The predicted molar refractivity (Wildman–Crippen MR) is 69.6 cm³/mol. The molecule has 1 heterocycles. The Morgan fingerprint density at radius 3 is 2.84 bits per heavy atom. The minimum Gasteiger partial charge on any atom is -0.396 e. The first-order chi connectivity index (χ1) is 8.90. The maximum atomic E-state index is 13.0. The number of hydrogen-bond donors (Lipinski definition) is 2. The van der Waals surface area contributed by atoms with Crippen LogP contribution in [0.4, 0.5) is 10.1 Å². The van der Waals surface area contributed by atoms with Gasteiger partial charge in [-0.2, -0.15) is 0 Å². The Labute approximate surface area is 112 Å². The molecule has 2 rings (SSSR count). The van der Waals surface area contributed by atoms with Crippen LogP contribution in [0.25, 0.3) is 0 Å². The van der Waals surface area contributed by atoms with Gasteiger partial charge in [-0.05, 0) is 38.0 Å². The molecule has 0 aromatic heterocycles. The molecule has 1 aromatic rings. The maximum Gasteiger partial charge on any atom is 0.240 e. The summed E-state index contributed by atoms with van der Waals surface area (Å²) in [6, 6.07) is 3.01. The number of sulfonamides is 1. The summed E-state index contributed by atoms with van der Waals surface area (Å²) in [6.07, 6.45) is 1.64. The number of ether oxygens (including phenoxy) is 1. The summed E-state index contributed by atoms with van der Waals surface area (Å²) in [4.78, 5) is -0.0451. The molecular weight excluding hydrogens is 271 g/mol. The first-order valence-corrected chi connectivity index (χ1v) is 7.57. The maximum absolute atomic E-state index is 13.0. The van der Waals surface area contributed by atoms with Crippen molar-refractivity contribution in [2.45, 2.75) is 36.8 Å². The Bertz CT molecular complexity index is 556. The average Bonchev–Trinajstić information content (AvgIpc) is 2.85. The molecule has 106 valence electrons. The predicted octanol–water partition coefficient (Wildman–Crippen LogP) is 1.25. The van der Waals surface area contributed by atoms with Crippen molar-refractivity contribution in [2.24, 2.45) is 0 Å². The van der Waals surface area contributed by atoms with Crippen LogP contribution in [-0.2, 0) is 14.8 Å². The van der Waals surface area contributed by atoms with E-state index in [1.54, 1.807) is 6.92 Å². The van der Waals surface area contributed by atoms with Gasteiger partial charge in [0.25, 0.3) is 0 Å². The zero-order chi connectivity index (χ0) is 14.0. The van der Waals surface area contributed by atoms with E-state index in [0.29, 0.717) is 6.61 Å². The number of nitrogen functional groups attached to an aromatic ring is 1. The highest BCUT2D eigenvalue weighted by Gasteiger charge is 2.27. The van der Waals surface area contributed by atoms with Gasteiger partial charge in [0, 0.05) is 12.6 Å². The van der Waals surface area contributed by atoms with E-state index < -0.39 is 15.8 Å². The largest absolute Gasteiger partial charge is 0.396 e. The molecule has 0 spiro atoms. The minimum atomic E-state index is -3.71. The molecule has 0 bridgehead atoms. The molecular formula is C12H17FN2O3S. The van der Waals surface area contributed by atoms with Gasteiger partial charge in [0.05, 0.1) is 16.7 Å². The molecule has 0 radical (unpaired) electrons. The van der Waals surface area contributed by atoms with Crippen molar-refractivity contribution in [1.29, 1.82) is 0 Å². The molecule has 0 aliphatic carbocycles. The Balaban J connectivity index is 2.15. The second-order valence-electron chi connectivity index (χ2n) is 4.64. The highest BCUT2D eigenvalue weighted by atomic mass is 32.2. The molecule has 3 N–H and O–H groups in total. The first-order valence-electron chi connectivity index (χ1n) is 6.09. The van der Waals surface area contributed by atoms with Gasteiger partial charge in [-0.1, -0.05) is 0 Å². The molecule has 0 amide bonds. The van der Waals surface area contributed by atoms with Crippen molar-refractivity contribution in [3.8, 4) is 0 Å². The van der Waals surface area contributed by atoms with Crippen LogP contribution < -0.4 is 10.5 Å². The lowest BCUT2D eigenvalue weighted by Crippen LogP contribution is -2.40. The zero-order valence-electron chi connectivity index (χ0n) is 10.6. The number of anilines is 1. The van der Waals surface area contributed by atoms with Gasteiger partial charge in [0.2, 0.25) is 10.0 Å². The third-order valence-electron chi connectivity index (χ3n) is 3.14. The standard InChI is InChI=1S/C12H17FN2O3S/c1-8(12-3-2-6-18-12)15-19(16,17)9-4-5-10(13)11(14)7-9/h4-5,7-8,12,15H,2-3,6,14H2,1H3. The first kappa shape index (κ1) is 14.2. The van der Waals surface area contributed by atoms with Gasteiger partial charge < -0.3 is 10.5 Å². The molecule has 2 atom stereocenters. The summed E-state index contributed by atoms with van der Waals surface area (Å²) in [5.41, 5.74) is 5.19. The molecule has 0 saturated carbocycles. The zero-order valence-corrected chi connectivity index (χ0v) is 11.4. The van der Waals surface area contributed by atoms with Gasteiger partial charge >= 0.3 is 0 Å². The Hall–Kier alpha value is -1.18. The van der Waals surface area contributed by atoms with Crippen molar-refractivity contribution < 1.29 is 17.5 Å². The fourth-order valence-corrected chi connectivity index (χ4v) is 3.38. The van der Waals surface area contributed by atoms with Crippen LogP contribution in [0.1, 0.15) is 19.8 Å². The molecule has 1 saturated heterocycles. The highest BCUT2D eigenvalue weighted by Crippen LogP contribution is 2.20. The van der Waals surface area contributed by atoms with Crippen molar-refractivity contribution in [3.63, 3.8) is 0 Å². The van der Waals surface area contributed by atoms with Crippen molar-refractivity contribution in [2.75, 3.05) is 12.3 Å². The van der Waals surface area contributed by atoms with Crippen LogP contribution in [-0.4, -0.2) is 27.2 Å². The smallest absolute Gasteiger partial charge is 0.240 e. The van der Waals surface area contributed by atoms with E-state index in [0.717, 1.165) is 25.0 Å². The van der Waals surface area contributed by atoms with E-state index in [1.165, 1.54) is 6.07 Å². The number of hydrogen-bond acceptors (Lipinski definition) is 4. The van der Waals surface area contributed by atoms with Gasteiger partial charge in [-0.15, -0.1) is 0 Å². The lowest BCUT2D eigenvalue weighted by Gasteiger charge is -2.20. The molecule has 1 aliphatic rings. The van der Waals surface area contributed by atoms with Gasteiger partial charge in [0.15, 0.2) is 0 Å². The van der Waals surface area contributed by atoms with Crippen LogP contribution in [0, 0.1) is 5.82 Å². The number of nitrogens with one attached hydrogen (secondary N) is 1. The van der Waals surface area contributed by atoms with E-state index in [2.05, 4.69) is 4.72 Å². The summed E-state index contributed by atoms with van der Waals surface area (Å²) in [5.74, 6) is -0.633. The minimum absolute atomic E-state index is 0.0451. The quantitative estimate of drug-likeness (QED) is 0.817. The van der Waals surface area contributed by atoms with E-state index in [4.69, 9.17) is 10.5 Å². The van der Waals surface area contributed by atoms with Crippen LogP contribution in [0.3, 0.4) is 0 Å². The van der Waals surface area contributed by atoms with Gasteiger partial charge in [-0.3, -0.25) is 0 Å². The third-order valence-corrected chi connectivity index (χ3v) is 4.70. The second kappa shape index (κ2) is 5.44. The number of nitrogens with two attached hydrogens (primary N) is 1. The summed E-state index contributed by atoms with van der Waals surface area (Å²) >= 11 is 0. The lowest BCUT2D eigenvalue weighted by atomic mass is 10.1. The van der Waals surface area contributed by atoms with E-state index in [-0.39, 0.29) is 22.7 Å². The number of rotatable bonds is 4. The van der Waals surface area contributed by atoms with Gasteiger partial charge in [0.1, 0.15) is 5.82 Å². The van der Waals surface area contributed by atoms with Crippen molar-refractivity contribution in [1.82, 2.24) is 4.72 Å². The molecule has 19 heavy (non-hydrogen) atoms. The Kier molecular flexibility index (Phi) is 4.07. The summed E-state index contributed by atoms with van der Waals surface area (Å²) in [6.45, 7) is 2.40. The molecule has 1 aromatic carbocycles. The average molecular weight is 288 g/mol. The summed E-state index contributed by atoms with van der Waals surface area (Å²) in [5, 5.41) is 0. The Morgan fingerprint density at radius 1 is 1.53 bits per heavy atom. The van der Waals surface area contributed by atoms with Crippen LogP contribution in [0.5, 0.6) is 0 Å². The number of benzene rings is 1. The lowest BCUT2D eigenvalue weighted by molar-refractivity contribution is 0.0902. The van der Waals surface area contributed by atoms with Crippen molar-refractivity contribution >= 4 is 15.7 Å². The molecule has 2 unspecified atom stereocenters. The van der Waals surface area contributed by atoms with Gasteiger partial charge in [-0.25, -0.2) is 17.5 Å². The van der Waals surface area contributed by atoms with Crippen LogP contribution in [0.15, 0.2) is 23.1 Å². The number of halogens is 1. The van der Waals surface area contributed by atoms with E-state index in [1.807, 2.05) is 0 Å². The molecule has 1 aliphatic heterocycles. The normalized spacial score (nSPS) is 21.5. The topological polar surface area (TPSA) is 81.4 Å². The fourth-order valence-electron chi connectivity index (χ4n) is 2.07. The van der Waals surface area contributed by atoms with Crippen molar-refractivity contribution in [3.05, 3.63) is 24.0 Å². The monoisotopic (exact) mass is 288 g/mol. The second-order valence-corrected chi connectivity index (χ2v) is 6.36. The summed E-state index contributed by atoms with van der Waals surface area (Å²) < 4.78 is 45.2. The molecule has 7 heteroatoms. The third kappa shape index (κ3) is 3.23. The van der Waals surface area contributed by atoms with Crippen LogP contribution in [0.2, 0.25) is 0 Å². The summed E-state index contributed by atoms with van der Waals surface area (Å²) in [7, 11) is -3.71.